The molecule has 2 unspecified atom stereocenters. The van der Waals surface area contributed by atoms with Crippen LogP contribution in [0.5, 0.6) is 0 Å². The van der Waals surface area contributed by atoms with Gasteiger partial charge in [0, 0.05) is 30.6 Å². The summed E-state index contributed by atoms with van der Waals surface area (Å²) in [5, 5.41) is 5.74. The SMILES string of the molecule is CN(CCc1cccs1)CC1CCC(CNC2CC2)O1. The average Bonchev–Trinajstić information content (AvgIpc) is 2.94. The Morgan fingerprint density at radius 1 is 1.30 bits per heavy atom. The van der Waals surface area contributed by atoms with Crippen molar-refractivity contribution in [3.8, 4) is 0 Å². The molecule has 0 bridgehead atoms. The van der Waals surface area contributed by atoms with Gasteiger partial charge in [-0.05, 0) is 50.6 Å². The van der Waals surface area contributed by atoms with Crippen molar-refractivity contribution in [1.82, 2.24) is 10.2 Å². The summed E-state index contributed by atoms with van der Waals surface area (Å²) in [6, 6.07) is 5.16. The molecule has 2 heterocycles. The molecule has 2 aliphatic rings. The third kappa shape index (κ3) is 4.55. The molecule has 4 heteroatoms. The quantitative estimate of drug-likeness (QED) is 0.797. The van der Waals surface area contributed by atoms with Crippen LogP contribution in [0.1, 0.15) is 30.6 Å². The zero-order chi connectivity index (χ0) is 13.8. The predicted octanol–water partition coefficient (Wildman–Crippen LogP) is 2.52. The van der Waals surface area contributed by atoms with Gasteiger partial charge >= 0.3 is 0 Å². The van der Waals surface area contributed by atoms with Gasteiger partial charge in [0.15, 0.2) is 0 Å². The fourth-order valence-corrected chi connectivity index (χ4v) is 3.54. The summed E-state index contributed by atoms with van der Waals surface area (Å²) in [5.41, 5.74) is 0. The summed E-state index contributed by atoms with van der Waals surface area (Å²) in [7, 11) is 2.22. The molecule has 2 fully saturated rings. The van der Waals surface area contributed by atoms with Gasteiger partial charge in [0.1, 0.15) is 0 Å². The van der Waals surface area contributed by atoms with Crippen LogP contribution in [-0.4, -0.2) is 49.8 Å². The van der Waals surface area contributed by atoms with Gasteiger partial charge in [-0.25, -0.2) is 0 Å². The van der Waals surface area contributed by atoms with Gasteiger partial charge in [0.05, 0.1) is 12.2 Å². The van der Waals surface area contributed by atoms with Gasteiger partial charge in [0.25, 0.3) is 0 Å². The molecule has 1 aliphatic heterocycles. The van der Waals surface area contributed by atoms with Crippen molar-refractivity contribution < 1.29 is 4.74 Å². The Hall–Kier alpha value is -0.420. The molecule has 3 rings (SSSR count). The summed E-state index contributed by atoms with van der Waals surface area (Å²) in [6.45, 7) is 3.26. The van der Waals surface area contributed by atoms with E-state index in [2.05, 4.69) is 34.8 Å². The highest BCUT2D eigenvalue weighted by Crippen LogP contribution is 2.23. The molecule has 0 spiro atoms. The van der Waals surface area contributed by atoms with E-state index in [9.17, 15) is 0 Å². The zero-order valence-electron chi connectivity index (χ0n) is 12.4. The van der Waals surface area contributed by atoms with Gasteiger partial charge in [-0.2, -0.15) is 0 Å². The smallest absolute Gasteiger partial charge is 0.0707 e. The lowest BCUT2D eigenvalue weighted by atomic mass is 10.2. The van der Waals surface area contributed by atoms with E-state index in [1.165, 1.54) is 30.6 Å². The van der Waals surface area contributed by atoms with E-state index in [1.54, 1.807) is 0 Å². The average molecular weight is 294 g/mol. The van der Waals surface area contributed by atoms with Gasteiger partial charge in [-0.15, -0.1) is 11.3 Å². The lowest BCUT2D eigenvalue weighted by Crippen LogP contribution is -2.33. The maximum atomic E-state index is 6.15. The van der Waals surface area contributed by atoms with Crippen LogP contribution in [0, 0.1) is 0 Å². The molecule has 1 saturated heterocycles. The van der Waals surface area contributed by atoms with Crippen LogP contribution < -0.4 is 5.32 Å². The van der Waals surface area contributed by atoms with Gasteiger partial charge in [0.2, 0.25) is 0 Å². The second-order valence-electron chi connectivity index (χ2n) is 6.23. The summed E-state index contributed by atoms with van der Waals surface area (Å²) in [4.78, 5) is 3.90. The van der Waals surface area contributed by atoms with E-state index in [1.807, 2.05) is 11.3 Å². The monoisotopic (exact) mass is 294 g/mol. The van der Waals surface area contributed by atoms with Crippen LogP contribution in [0.25, 0.3) is 0 Å². The molecule has 1 aromatic heterocycles. The third-order valence-electron chi connectivity index (χ3n) is 4.24. The highest BCUT2D eigenvalue weighted by molar-refractivity contribution is 7.09. The Labute approximate surface area is 126 Å². The summed E-state index contributed by atoms with van der Waals surface area (Å²) in [6.07, 6.45) is 7.22. The number of hydrogen-bond donors (Lipinski definition) is 1. The molecule has 112 valence electrons. The molecule has 3 nitrogen and oxygen atoms in total. The maximum absolute atomic E-state index is 6.15. The Bertz CT molecular complexity index is 391. The largest absolute Gasteiger partial charge is 0.372 e. The number of nitrogens with zero attached hydrogens (tertiary/aromatic N) is 1. The number of thiophene rings is 1. The van der Waals surface area contributed by atoms with Gasteiger partial charge < -0.3 is 15.0 Å². The molecule has 1 aliphatic carbocycles. The van der Waals surface area contributed by atoms with Crippen LogP contribution in [0.2, 0.25) is 0 Å². The maximum Gasteiger partial charge on any atom is 0.0707 e. The fraction of sp³-hybridized carbons (Fsp3) is 0.750. The van der Waals surface area contributed by atoms with Crippen LogP contribution in [0.15, 0.2) is 17.5 Å². The van der Waals surface area contributed by atoms with Crippen molar-refractivity contribution >= 4 is 11.3 Å². The van der Waals surface area contributed by atoms with Crippen molar-refractivity contribution in [2.75, 3.05) is 26.7 Å². The van der Waals surface area contributed by atoms with E-state index in [0.717, 1.165) is 32.1 Å². The molecule has 1 aromatic rings. The molecule has 20 heavy (non-hydrogen) atoms. The minimum atomic E-state index is 0.439. The minimum absolute atomic E-state index is 0.439. The minimum Gasteiger partial charge on any atom is -0.372 e. The second kappa shape index (κ2) is 7.03. The summed E-state index contributed by atoms with van der Waals surface area (Å²) in [5.74, 6) is 0. The molecule has 2 atom stereocenters. The normalized spacial score (nSPS) is 26.5. The highest BCUT2D eigenvalue weighted by atomic mass is 32.1. The van der Waals surface area contributed by atoms with Crippen molar-refractivity contribution in [2.24, 2.45) is 0 Å². The summed E-state index contributed by atoms with van der Waals surface area (Å²) < 4.78 is 6.15. The van der Waals surface area contributed by atoms with E-state index >= 15 is 0 Å². The van der Waals surface area contributed by atoms with E-state index in [0.29, 0.717) is 12.2 Å². The van der Waals surface area contributed by atoms with Crippen molar-refractivity contribution in [1.29, 1.82) is 0 Å². The number of nitrogens with one attached hydrogen (secondary N) is 1. The second-order valence-corrected chi connectivity index (χ2v) is 7.26. The Morgan fingerprint density at radius 2 is 2.15 bits per heavy atom. The first-order valence-electron chi connectivity index (χ1n) is 7.89. The summed E-state index contributed by atoms with van der Waals surface area (Å²) >= 11 is 1.86. The fourth-order valence-electron chi connectivity index (χ4n) is 2.84. The van der Waals surface area contributed by atoms with Gasteiger partial charge in [-0.1, -0.05) is 6.07 Å². The zero-order valence-corrected chi connectivity index (χ0v) is 13.2. The number of ether oxygens (including phenoxy) is 1. The van der Waals surface area contributed by atoms with Crippen LogP contribution in [-0.2, 0) is 11.2 Å². The number of likely N-dealkylation sites (N-methyl/N-ethyl adjacent to an activating group) is 1. The molecule has 1 N–H and O–H groups in total. The van der Waals surface area contributed by atoms with Crippen molar-refractivity contribution in [2.45, 2.75) is 50.4 Å². The lowest BCUT2D eigenvalue weighted by Gasteiger charge is -2.21. The molecular formula is C16H26N2OS. The number of hydrogen-bond acceptors (Lipinski definition) is 4. The Morgan fingerprint density at radius 3 is 2.90 bits per heavy atom. The molecule has 0 aromatic carbocycles. The first-order chi connectivity index (χ1) is 9.79. The van der Waals surface area contributed by atoms with Crippen molar-refractivity contribution in [3.05, 3.63) is 22.4 Å². The number of rotatable bonds is 8. The van der Waals surface area contributed by atoms with E-state index in [-0.39, 0.29) is 0 Å². The van der Waals surface area contributed by atoms with Crippen LogP contribution >= 0.6 is 11.3 Å². The third-order valence-corrected chi connectivity index (χ3v) is 5.18. The van der Waals surface area contributed by atoms with Crippen LogP contribution in [0.4, 0.5) is 0 Å². The standard InChI is InChI=1S/C16H26N2OS/c1-18(9-8-16-3-2-10-20-16)12-15-7-6-14(19-15)11-17-13-4-5-13/h2-3,10,13-15,17H,4-9,11-12H2,1H3. The molecular weight excluding hydrogens is 268 g/mol. The lowest BCUT2D eigenvalue weighted by molar-refractivity contribution is 0.0279. The topological polar surface area (TPSA) is 24.5 Å². The van der Waals surface area contributed by atoms with E-state index < -0.39 is 0 Å². The van der Waals surface area contributed by atoms with Gasteiger partial charge in [-0.3, -0.25) is 0 Å². The van der Waals surface area contributed by atoms with Crippen LogP contribution in [0.3, 0.4) is 0 Å². The highest BCUT2D eigenvalue weighted by Gasteiger charge is 2.28. The molecule has 0 radical (unpaired) electrons. The first-order valence-corrected chi connectivity index (χ1v) is 8.77. The van der Waals surface area contributed by atoms with E-state index in [4.69, 9.17) is 4.74 Å². The molecule has 1 saturated carbocycles. The predicted molar refractivity (Wildman–Crippen MR) is 84.4 cm³/mol. The Kier molecular flexibility index (Phi) is 5.10. The molecule has 0 amide bonds. The first kappa shape index (κ1) is 14.5. The Balaban J connectivity index is 1.31. The van der Waals surface area contributed by atoms with Crippen molar-refractivity contribution in [3.63, 3.8) is 0 Å².